The molecule has 0 heterocycles. The molecule has 0 fully saturated rings. The molecule has 0 aliphatic carbocycles. The number of phosphoric ester groups is 1. The van der Waals surface area contributed by atoms with Crippen LogP contribution >= 0.6 is 7.82 Å². The Morgan fingerprint density at radius 2 is 0.854 bits per heavy atom. The van der Waals surface area contributed by atoms with Crippen molar-refractivity contribution in [2.45, 2.75) is 199 Å². The van der Waals surface area contributed by atoms with Crippen molar-refractivity contribution >= 4 is 7.82 Å². The van der Waals surface area contributed by atoms with E-state index in [-0.39, 0.29) is 46.1 Å². The second-order valence-electron chi connectivity index (χ2n) is 13.7. The molecule has 0 aliphatic rings. The fourth-order valence-electron chi connectivity index (χ4n) is 6.18. The average molecular weight is 708 g/mol. The number of hydrogen-bond acceptors (Lipinski definition) is 9. The maximum atomic E-state index is 13.9. The van der Waals surface area contributed by atoms with Gasteiger partial charge in [-0.15, -0.1) is 0 Å². The molecule has 0 aliphatic heterocycles. The van der Waals surface area contributed by atoms with Gasteiger partial charge < -0.3 is 15.9 Å². The quantitative estimate of drug-likeness (QED) is 0.0239. The SMILES string of the molecule is CCCCCCCCCCCCCCCCOP(=O)(OCCN)OC(CCCCCCCCCCCCCCC)(NCCO)NCCO. The van der Waals surface area contributed by atoms with E-state index < -0.39 is 13.7 Å². The highest BCUT2D eigenvalue weighted by Gasteiger charge is 2.40. The van der Waals surface area contributed by atoms with Crippen LogP contribution in [0.4, 0.5) is 0 Å². The molecule has 0 saturated carbocycles. The van der Waals surface area contributed by atoms with E-state index in [0.29, 0.717) is 6.42 Å². The smallest absolute Gasteiger partial charge is 0.395 e. The van der Waals surface area contributed by atoms with Gasteiger partial charge >= 0.3 is 7.82 Å². The van der Waals surface area contributed by atoms with Crippen LogP contribution in [0.25, 0.3) is 0 Å². The molecule has 0 saturated heterocycles. The van der Waals surface area contributed by atoms with Gasteiger partial charge in [-0.3, -0.25) is 24.2 Å². The Labute approximate surface area is 297 Å². The zero-order valence-corrected chi connectivity index (χ0v) is 32.7. The summed E-state index contributed by atoms with van der Waals surface area (Å²) in [5.41, 5.74) is 5.68. The molecular formula is C38H82N3O6P. The molecule has 9 nitrogen and oxygen atoms in total. The Kier molecular flexibility index (Phi) is 36.6. The van der Waals surface area contributed by atoms with Crippen molar-refractivity contribution < 1.29 is 28.3 Å². The van der Waals surface area contributed by atoms with Crippen molar-refractivity contribution in [3.63, 3.8) is 0 Å². The summed E-state index contributed by atoms with van der Waals surface area (Å²) in [6.07, 6.45) is 34.3. The molecule has 1 atom stereocenters. The molecule has 0 aromatic carbocycles. The zero-order valence-electron chi connectivity index (χ0n) is 31.8. The highest BCUT2D eigenvalue weighted by Crippen LogP contribution is 2.52. The first kappa shape index (κ1) is 47.9. The van der Waals surface area contributed by atoms with Gasteiger partial charge in [0, 0.05) is 26.1 Å². The second-order valence-corrected chi connectivity index (χ2v) is 15.3. The van der Waals surface area contributed by atoms with Gasteiger partial charge in [-0.25, -0.2) is 4.57 Å². The van der Waals surface area contributed by atoms with Crippen LogP contribution in [0.1, 0.15) is 194 Å². The van der Waals surface area contributed by atoms with Crippen molar-refractivity contribution in [3.05, 3.63) is 0 Å². The fraction of sp³-hybridized carbons (Fsp3) is 1.00. The summed E-state index contributed by atoms with van der Waals surface area (Å²) in [5.74, 6) is -1.26. The van der Waals surface area contributed by atoms with Crippen molar-refractivity contribution in [1.29, 1.82) is 0 Å². The van der Waals surface area contributed by atoms with E-state index in [1.165, 1.54) is 135 Å². The van der Waals surface area contributed by atoms with E-state index in [1.54, 1.807) is 0 Å². The largest absolute Gasteiger partial charge is 0.477 e. The summed E-state index contributed by atoms with van der Waals surface area (Å²) in [6, 6.07) is 0. The van der Waals surface area contributed by atoms with Crippen LogP contribution in [0.3, 0.4) is 0 Å². The van der Waals surface area contributed by atoms with Gasteiger partial charge in [-0.1, -0.05) is 174 Å². The number of nitrogens with one attached hydrogen (secondary N) is 2. The minimum absolute atomic E-state index is 0.0465. The third-order valence-electron chi connectivity index (χ3n) is 9.06. The third-order valence-corrected chi connectivity index (χ3v) is 10.6. The van der Waals surface area contributed by atoms with E-state index in [0.717, 1.165) is 38.5 Å². The van der Waals surface area contributed by atoms with Crippen LogP contribution in [0.5, 0.6) is 0 Å². The van der Waals surface area contributed by atoms with E-state index in [9.17, 15) is 14.8 Å². The van der Waals surface area contributed by atoms with Gasteiger partial charge in [-0.2, -0.15) is 0 Å². The van der Waals surface area contributed by atoms with Gasteiger partial charge in [0.15, 0.2) is 5.85 Å². The molecular weight excluding hydrogens is 625 g/mol. The Hall–Kier alpha value is -0.0900. The lowest BCUT2D eigenvalue weighted by molar-refractivity contribution is -0.0514. The molecule has 0 spiro atoms. The van der Waals surface area contributed by atoms with Gasteiger partial charge in [-0.05, 0) is 12.8 Å². The van der Waals surface area contributed by atoms with Crippen LogP contribution in [-0.4, -0.2) is 62.1 Å². The predicted octanol–water partition coefficient (Wildman–Crippen LogP) is 9.88. The van der Waals surface area contributed by atoms with Crippen molar-refractivity contribution in [2.75, 3.05) is 46.1 Å². The third kappa shape index (κ3) is 30.7. The lowest BCUT2D eigenvalue weighted by Gasteiger charge is -2.37. The zero-order chi connectivity index (χ0) is 35.3. The van der Waals surface area contributed by atoms with E-state index in [1.807, 2.05) is 0 Å². The average Bonchev–Trinajstić information content (AvgIpc) is 3.09. The summed E-state index contributed by atoms with van der Waals surface area (Å²) in [6.45, 7) is 5.27. The van der Waals surface area contributed by atoms with Gasteiger partial charge in [0.2, 0.25) is 0 Å². The minimum atomic E-state index is -3.98. The van der Waals surface area contributed by atoms with Crippen LogP contribution in [0.2, 0.25) is 0 Å². The van der Waals surface area contributed by atoms with Gasteiger partial charge in [0.1, 0.15) is 0 Å². The molecule has 0 aromatic heterocycles. The first-order valence-electron chi connectivity index (χ1n) is 20.5. The van der Waals surface area contributed by atoms with Gasteiger partial charge in [0.05, 0.1) is 26.4 Å². The second kappa shape index (κ2) is 36.7. The molecule has 290 valence electrons. The maximum Gasteiger partial charge on any atom is 0.477 e. The molecule has 10 heteroatoms. The number of rotatable bonds is 41. The summed E-state index contributed by atoms with van der Waals surface area (Å²) in [4.78, 5) is 0. The summed E-state index contributed by atoms with van der Waals surface area (Å²) >= 11 is 0. The Morgan fingerprint density at radius 1 is 0.521 bits per heavy atom. The number of aliphatic hydroxyl groups is 2. The van der Waals surface area contributed by atoms with Crippen LogP contribution in [0.15, 0.2) is 0 Å². The number of phosphoric acid groups is 1. The lowest BCUT2D eigenvalue weighted by Crippen LogP contribution is -2.59. The number of nitrogens with two attached hydrogens (primary N) is 1. The van der Waals surface area contributed by atoms with Crippen molar-refractivity contribution in [1.82, 2.24) is 10.6 Å². The normalized spacial score (nSPS) is 13.4. The molecule has 0 bridgehead atoms. The monoisotopic (exact) mass is 708 g/mol. The molecule has 48 heavy (non-hydrogen) atoms. The van der Waals surface area contributed by atoms with E-state index in [4.69, 9.17) is 19.3 Å². The topological polar surface area (TPSA) is 135 Å². The first-order valence-corrected chi connectivity index (χ1v) is 22.0. The molecule has 6 N–H and O–H groups in total. The number of unbranched alkanes of at least 4 members (excludes halogenated alkanes) is 25. The Morgan fingerprint density at radius 3 is 1.21 bits per heavy atom. The van der Waals surface area contributed by atoms with E-state index in [2.05, 4.69) is 24.5 Å². The van der Waals surface area contributed by atoms with Crippen LogP contribution < -0.4 is 16.4 Å². The van der Waals surface area contributed by atoms with Crippen LogP contribution in [-0.2, 0) is 18.1 Å². The standard InChI is InChI=1S/C38H82N3O6P/c1-3-5-7-9-11-13-15-17-19-21-23-25-27-29-36-45-48(44,46-37-31-39)47-38(40-32-34-42,41-33-35-43)30-28-26-24-22-20-18-16-14-12-10-8-6-4-2/h40-43H,3-37,39H2,1-2H3. The molecule has 0 amide bonds. The number of aliphatic hydroxyl groups excluding tert-OH is 2. The van der Waals surface area contributed by atoms with Crippen molar-refractivity contribution in [3.8, 4) is 0 Å². The highest BCUT2D eigenvalue weighted by atomic mass is 31.2. The Bertz CT molecular complexity index is 683. The summed E-state index contributed by atoms with van der Waals surface area (Å²) in [7, 11) is -3.98. The maximum absolute atomic E-state index is 13.9. The summed E-state index contributed by atoms with van der Waals surface area (Å²) in [5, 5.41) is 25.6. The Balaban J connectivity index is 4.60. The molecule has 0 radical (unpaired) electrons. The number of hydrogen-bond donors (Lipinski definition) is 5. The summed E-state index contributed by atoms with van der Waals surface area (Å²) < 4.78 is 31.5. The molecule has 1 unspecified atom stereocenters. The van der Waals surface area contributed by atoms with Gasteiger partial charge in [0.25, 0.3) is 0 Å². The fourth-order valence-corrected chi connectivity index (χ4v) is 7.64. The molecule has 0 aromatic rings. The van der Waals surface area contributed by atoms with E-state index >= 15 is 0 Å². The minimum Gasteiger partial charge on any atom is -0.395 e. The first-order chi connectivity index (χ1) is 23.5. The molecule has 0 rings (SSSR count). The van der Waals surface area contributed by atoms with Crippen LogP contribution in [0, 0.1) is 0 Å². The van der Waals surface area contributed by atoms with Crippen molar-refractivity contribution in [2.24, 2.45) is 5.73 Å². The predicted molar refractivity (Wildman–Crippen MR) is 203 cm³/mol. The lowest BCUT2D eigenvalue weighted by atomic mass is 10.0. The highest BCUT2D eigenvalue weighted by molar-refractivity contribution is 7.48.